The Bertz CT molecular complexity index is 1020. The molecule has 152 valence electrons. The van der Waals surface area contributed by atoms with Gasteiger partial charge in [0.1, 0.15) is 0 Å². The monoisotopic (exact) mass is 411 g/mol. The van der Waals surface area contributed by atoms with Gasteiger partial charge in [0.05, 0.1) is 23.7 Å². The first-order valence-corrected chi connectivity index (χ1v) is 10.5. The molecule has 0 N–H and O–H groups in total. The molecule has 1 fully saturated rings. The third-order valence-electron chi connectivity index (χ3n) is 5.70. The summed E-state index contributed by atoms with van der Waals surface area (Å²) in [5.74, 6) is 0. The Labute approximate surface area is 175 Å². The van der Waals surface area contributed by atoms with Gasteiger partial charge >= 0.3 is 0 Å². The molecular weight excluding hydrogens is 386 g/mol. The van der Waals surface area contributed by atoms with Gasteiger partial charge in [-0.25, -0.2) is 4.68 Å². The third-order valence-corrected chi connectivity index (χ3v) is 5.96. The maximum absolute atomic E-state index is 13.2. The van der Waals surface area contributed by atoms with Crippen molar-refractivity contribution in [3.63, 3.8) is 0 Å². The van der Waals surface area contributed by atoms with E-state index in [1.807, 2.05) is 48.5 Å². The van der Waals surface area contributed by atoms with E-state index in [1.165, 1.54) is 0 Å². The van der Waals surface area contributed by atoms with E-state index in [1.54, 1.807) is 11.8 Å². The van der Waals surface area contributed by atoms with Crippen LogP contribution in [0.15, 0.2) is 53.3 Å². The largest absolute Gasteiger partial charge is 0.383 e. The average molecular weight is 412 g/mol. The summed E-state index contributed by atoms with van der Waals surface area (Å²) >= 11 is 6.03. The van der Waals surface area contributed by atoms with E-state index in [4.69, 9.17) is 21.4 Å². The van der Waals surface area contributed by atoms with Gasteiger partial charge in [0.15, 0.2) is 0 Å². The molecule has 1 saturated heterocycles. The molecule has 0 spiro atoms. The molecule has 1 aliphatic heterocycles. The van der Waals surface area contributed by atoms with Crippen LogP contribution < -0.4 is 5.56 Å². The molecule has 3 aromatic rings. The van der Waals surface area contributed by atoms with Crippen LogP contribution in [0.4, 0.5) is 0 Å². The molecule has 4 rings (SSSR count). The average Bonchev–Trinajstić information content (AvgIpc) is 2.76. The Morgan fingerprint density at radius 3 is 2.45 bits per heavy atom. The highest BCUT2D eigenvalue weighted by atomic mass is 35.5. The zero-order valence-corrected chi connectivity index (χ0v) is 17.4. The van der Waals surface area contributed by atoms with Crippen molar-refractivity contribution >= 4 is 22.4 Å². The smallest absolute Gasteiger partial charge is 0.274 e. The van der Waals surface area contributed by atoms with E-state index < -0.39 is 0 Å². The van der Waals surface area contributed by atoms with Gasteiger partial charge in [-0.05, 0) is 36.6 Å². The van der Waals surface area contributed by atoms with Gasteiger partial charge in [0.25, 0.3) is 5.56 Å². The van der Waals surface area contributed by atoms with Crippen LogP contribution in [0.3, 0.4) is 0 Å². The minimum Gasteiger partial charge on any atom is -0.383 e. The summed E-state index contributed by atoms with van der Waals surface area (Å²) in [4.78, 5) is 15.6. The maximum atomic E-state index is 13.2. The topological polar surface area (TPSA) is 47.4 Å². The summed E-state index contributed by atoms with van der Waals surface area (Å²) < 4.78 is 6.92. The molecular formula is C23H26ClN3O2. The van der Waals surface area contributed by atoms with Crippen molar-refractivity contribution in [2.24, 2.45) is 0 Å². The van der Waals surface area contributed by atoms with Gasteiger partial charge in [-0.2, -0.15) is 5.10 Å². The fourth-order valence-corrected chi connectivity index (χ4v) is 4.18. The predicted octanol–water partition coefficient (Wildman–Crippen LogP) is 3.92. The summed E-state index contributed by atoms with van der Waals surface area (Å²) in [6.07, 6.45) is 2.52. The minimum atomic E-state index is 0.01000. The van der Waals surface area contributed by atoms with Crippen LogP contribution in [0.25, 0.3) is 10.8 Å². The normalized spacial score (nSPS) is 15.8. The predicted molar refractivity (Wildman–Crippen MR) is 117 cm³/mol. The van der Waals surface area contributed by atoms with Crippen molar-refractivity contribution < 1.29 is 4.74 Å². The van der Waals surface area contributed by atoms with Crippen LogP contribution in [0.5, 0.6) is 0 Å². The molecule has 0 amide bonds. The Kier molecular flexibility index (Phi) is 6.28. The molecule has 2 aromatic carbocycles. The third kappa shape index (κ3) is 4.53. The van der Waals surface area contributed by atoms with Crippen LogP contribution >= 0.6 is 11.6 Å². The van der Waals surface area contributed by atoms with E-state index in [-0.39, 0.29) is 11.6 Å². The van der Waals surface area contributed by atoms with E-state index in [0.717, 1.165) is 66.1 Å². The first-order chi connectivity index (χ1) is 14.2. The highest BCUT2D eigenvalue weighted by Gasteiger charge is 2.23. The summed E-state index contributed by atoms with van der Waals surface area (Å²) in [5, 5.41) is 7.25. The number of benzene rings is 2. The van der Waals surface area contributed by atoms with Crippen LogP contribution in [0.2, 0.25) is 5.02 Å². The number of halogens is 1. The van der Waals surface area contributed by atoms with Crippen molar-refractivity contribution in [1.29, 1.82) is 0 Å². The fourth-order valence-electron chi connectivity index (χ4n) is 4.06. The number of rotatable bonds is 6. The molecule has 29 heavy (non-hydrogen) atoms. The maximum Gasteiger partial charge on any atom is 0.274 e. The summed E-state index contributed by atoms with van der Waals surface area (Å²) in [5.41, 5.74) is 2.08. The zero-order chi connectivity index (χ0) is 20.2. The Hall–Kier alpha value is -2.21. The Morgan fingerprint density at radius 1 is 1.07 bits per heavy atom. The van der Waals surface area contributed by atoms with E-state index >= 15 is 0 Å². The molecule has 5 nitrogen and oxygen atoms in total. The van der Waals surface area contributed by atoms with Crippen LogP contribution in [-0.2, 0) is 11.2 Å². The SMILES string of the molecule is COCCN1CCC(n2nc(Cc3ccc(Cl)cc3)c3ccccc3c2=O)CC1. The molecule has 0 atom stereocenters. The lowest BCUT2D eigenvalue weighted by Crippen LogP contribution is -2.40. The highest BCUT2D eigenvalue weighted by molar-refractivity contribution is 6.30. The molecule has 1 aliphatic rings. The second kappa shape index (κ2) is 9.08. The lowest BCUT2D eigenvalue weighted by atomic mass is 10.0. The number of hydrogen-bond donors (Lipinski definition) is 0. The molecule has 0 unspecified atom stereocenters. The lowest BCUT2D eigenvalue weighted by molar-refractivity contribution is 0.118. The van der Waals surface area contributed by atoms with Crippen molar-refractivity contribution in [2.45, 2.75) is 25.3 Å². The lowest BCUT2D eigenvalue weighted by Gasteiger charge is -2.32. The van der Waals surface area contributed by atoms with Crippen molar-refractivity contribution in [3.8, 4) is 0 Å². The number of nitrogens with zero attached hydrogens (tertiary/aromatic N) is 3. The number of piperidine rings is 1. The van der Waals surface area contributed by atoms with Crippen LogP contribution in [0.1, 0.15) is 30.1 Å². The van der Waals surface area contributed by atoms with Crippen molar-refractivity contribution in [3.05, 3.63) is 75.2 Å². The van der Waals surface area contributed by atoms with Crippen LogP contribution in [0, 0.1) is 0 Å². The number of likely N-dealkylation sites (tertiary alicyclic amines) is 1. The Balaban J connectivity index is 1.65. The molecule has 6 heteroatoms. The van der Waals surface area contributed by atoms with Crippen LogP contribution in [-0.4, -0.2) is 48.0 Å². The fraction of sp³-hybridized carbons (Fsp3) is 0.391. The highest BCUT2D eigenvalue weighted by Crippen LogP contribution is 2.23. The number of hydrogen-bond acceptors (Lipinski definition) is 4. The Morgan fingerprint density at radius 2 is 1.76 bits per heavy atom. The number of aromatic nitrogens is 2. The van der Waals surface area contributed by atoms with Crippen molar-refractivity contribution in [2.75, 3.05) is 33.4 Å². The number of fused-ring (bicyclic) bond motifs is 1. The summed E-state index contributed by atoms with van der Waals surface area (Å²) in [7, 11) is 1.73. The number of ether oxygens (including phenoxy) is 1. The molecule has 2 heterocycles. The molecule has 0 saturated carbocycles. The van der Waals surface area contributed by atoms with Gasteiger partial charge in [-0.3, -0.25) is 4.79 Å². The van der Waals surface area contributed by atoms with Gasteiger partial charge in [-0.1, -0.05) is 41.9 Å². The second-order valence-corrected chi connectivity index (χ2v) is 8.05. The minimum absolute atomic E-state index is 0.01000. The van der Waals surface area contributed by atoms with E-state index in [9.17, 15) is 4.79 Å². The van der Waals surface area contributed by atoms with E-state index in [2.05, 4.69) is 4.90 Å². The molecule has 0 bridgehead atoms. The summed E-state index contributed by atoms with van der Waals surface area (Å²) in [6.45, 7) is 3.60. The number of methoxy groups -OCH3 is 1. The van der Waals surface area contributed by atoms with Gasteiger partial charge in [0.2, 0.25) is 0 Å². The molecule has 0 aliphatic carbocycles. The van der Waals surface area contributed by atoms with Gasteiger partial charge in [-0.15, -0.1) is 0 Å². The summed E-state index contributed by atoms with van der Waals surface area (Å²) in [6, 6.07) is 15.7. The van der Waals surface area contributed by atoms with Crippen molar-refractivity contribution in [1.82, 2.24) is 14.7 Å². The molecule has 1 aromatic heterocycles. The molecule has 0 radical (unpaired) electrons. The standard InChI is InChI=1S/C23H26ClN3O2/c1-29-15-14-26-12-10-19(11-13-26)27-23(28)21-5-3-2-4-20(21)22(25-27)16-17-6-8-18(24)9-7-17/h2-9,19H,10-16H2,1H3. The van der Waals surface area contributed by atoms with Gasteiger partial charge < -0.3 is 9.64 Å². The van der Waals surface area contributed by atoms with E-state index in [0.29, 0.717) is 6.42 Å². The quantitative estimate of drug-likeness (QED) is 0.616. The first kappa shape index (κ1) is 20.1. The zero-order valence-electron chi connectivity index (χ0n) is 16.7. The first-order valence-electron chi connectivity index (χ1n) is 10.1. The second-order valence-electron chi connectivity index (χ2n) is 7.61. The van der Waals surface area contributed by atoms with Gasteiger partial charge in [0, 0.05) is 43.6 Å².